The minimum absolute atomic E-state index is 0.211. The van der Waals surface area contributed by atoms with E-state index in [1.54, 1.807) is 6.92 Å². The Morgan fingerprint density at radius 1 is 1.21 bits per heavy atom. The van der Waals surface area contributed by atoms with E-state index in [1.165, 1.54) is 11.3 Å². The second kappa shape index (κ2) is 8.37. The summed E-state index contributed by atoms with van der Waals surface area (Å²) >= 11 is 1.46. The predicted molar refractivity (Wildman–Crippen MR) is 115 cm³/mol. The van der Waals surface area contributed by atoms with Crippen molar-refractivity contribution in [2.24, 2.45) is 0 Å². The van der Waals surface area contributed by atoms with Crippen LogP contribution in [0.5, 0.6) is 5.75 Å². The van der Waals surface area contributed by atoms with E-state index in [4.69, 9.17) is 9.47 Å². The molecule has 0 radical (unpaired) electrons. The molecule has 3 aromatic rings. The Kier molecular flexibility index (Phi) is 6.07. The van der Waals surface area contributed by atoms with E-state index in [0.717, 1.165) is 21.6 Å². The third kappa shape index (κ3) is 4.50. The lowest BCUT2D eigenvalue weighted by Gasteiger charge is -2.16. The number of aromatic amines is 1. The Morgan fingerprint density at radius 2 is 1.93 bits per heavy atom. The van der Waals surface area contributed by atoms with Crippen LogP contribution < -0.4 is 10.3 Å². The molecule has 0 amide bonds. The Hall–Kier alpha value is -2.67. The number of fused-ring (bicyclic) bond motifs is 1. The van der Waals surface area contributed by atoms with Gasteiger partial charge in [0.1, 0.15) is 10.6 Å². The molecule has 0 saturated heterocycles. The lowest BCUT2D eigenvalue weighted by molar-refractivity contribution is -0.151. The Balaban J connectivity index is 1.71. The molecule has 0 aliphatic heterocycles. The van der Waals surface area contributed by atoms with Crippen molar-refractivity contribution in [1.29, 1.82) is 0 Å². The summed E-state index contributed by atoms with van der Waals surface area (Å²) in [5.41, 5.74) is 2.81. The van der Waals surface area contributed by atoms with Crippen molar-refractivity contribution in [2.45, 2.75) is 53.6 Å². The lowest BCUT2D eigenvalue weighted by Crippen LogP contribution is -2.20. The van der Waals surface area contributed by atoms with Gasteiger partial charge in [0.05, 0.1) is 5.39 Å². The van der Waals surface area contributed by atoms with Crippen molar-refractivity contribution < 1.29 is 14.3 Å². The van der Waals surface area contributed by atoms with Crippen molar-refractivity contribution in [3.8, 4) is 5.75 Å². The maximum Gasteiger partial charge on any atom is 0.344 e. The topological polar surface area (TPSA) is 81.3 Å². The zero-order valence-electron chi connectivity index (χ0n) is 17.6. The number of hydrogen-bond acceptors (Lipinski definition) is 6. The molecule has 0 bridgehead atoms. The Labute approximate surface area is 173 Å². The quantitative estimate of drug-likeness (QED) is 0.591. The van der Waals surface area contributed by atoms with Crippen LogP contribution in [0.15, 0.2) is 23.0 Å². The Morgan fingerprint density at radius 3 is 2.62 bits per heavy atom. The number of aromatic nitrogens is 2. The molecule has 154 valence electrons. The highest BCUT2D eigenvalue weighted by Gasteiger charge is 2.19. The summed E-state index contributed by atoms with van der Waals surface area (Å²) in [6.45, 7) is 11.5. The smallest absolute Gasteiger partial charge is 0.344 e. The molecule has 0 aliphatic rings. The third-order valence-electron chi connectivity index (χ3n) is 4.89. The van der Waals surface area contributed by atoms with E-state index >= 15 is 0 Å². The molecule has 0 aliphatic carbocycles. The largest absolute Gasteiger partial charge is 0.482 e. The molecule has 1 atom stereocenters. The summed E-state index contributed by atoms with van der Waals surface area (Å²) < 4.78 is 11.2. The molecule has 1 N–H and O–H groups in total. The van der Waals surface area contributed by atoms with Crippen molar-refractivity contribution in [3.05, 3.63) is 55.9 Å². The second-order valence-electron chi connectivity index (χ2n) is 7.53. The van der Waals surface area contributed by atoms with Gasteiger partial charge in [-0.3, -0.25) is 4.79 Å². The van der Waals surface area contributed by atoms with E-state index in [-0.39, 0.29) is 18.1 Å². The first-order valence-electron chi connectivity index (χ1n) is 9.60. The number of carbonyl (C=O) groups is 1. The fourth-order valence-corrected chi connectivity index (χ4v) is 4.17. The van der Waals surface area contributed by atoms with Crippen molar-refractivity contribution in [2.75, 3.05) is 6.61 Å². The number of ether oxygens (including phenoxy) is 2. The number of aryl methyl sites for hydroxylation is 3. The van der Waals surface area contributed by atoms with Gasteiger partial charge in [0.2, 0.25) is 0 Å². The van der Waals surface area contributed by atoms with Gasteiger partial charge in [-0.15, -0.1) is 11.3 Å². The monoisotopic (exact) mass is 414 g/mol. The molecule has 7 heteroatoms. The number of thiophene rings is 1. The number of nitrogens with zero attached hydrogens (tertiary/aromatic N) is 1. The van der Waals surface area contributed by atoms with Crippen LogP contribution in [0.25, 0.3) is 10.2 Å². The molecule has 0 saturated carbocycles. The van der Waals surface area contributed by atoms with Crippen LogP contribution in [0.1, 0.15) is 60.2 Å². The molecule has 1 aromatic carbocycles. The first kappa shape index (κ1) is 21.0. The van der Waals surface area contributed by atoms with Gasteiger partial charge in [-0.05, 0) is 56.4 Å². The average molecular weight is 415 g/mol. The number of H-pyrrole nitrogens is 1. The molecule has 0 fully saturated rings. The summed E-state index contributed by atoms with van der Waals surface area (Å²) in [5, 5.41) is 0.596. The molecule has 0 spiro atoms. The lowest BCUT2D eigenvalue weighted by atomic mass is 10.0. The third-order valence-corrected chi connectivity index (χ3v) is 5.99. The maximum absolute atomic E-state index is 12.4. The van der Waals surface area contributed by atoms with E-state index in [0.29, 0.717) is 21.8 Å². The van der Waals surface area contributed by atoms with Gasteiger partial charge in [0, 0.05) is 4.88 Å². The molecular weight excluding hydrogens is 388 g/mol. The Bertz CT molecular complexity index is 1110. The second-order valence-corrected chi connectivity index (χ2v) is 8.73. The minimum atomic E-state index is -0.687. The van der Waals surface area contributed by atoms with Gasteiger partial charge >= 0.3 is 5.97 Å². The number of carbonyl (C=O) groups excluding carboxylic acids is 1. The van der Waals surface area contributed by atoms with Gasteiger partial charge in [-0.2, -0.15) is 0 Å². The maximum atomic E-state index is 12.4. The van der Waals surface area contributed by atoms with E-state index in [2.05, 4.69) is 23.8 Å². The summed E-state index contributed by atoms with van der Waals surface area (Å²) in [5.74, 6) is 0.770. The molecule has 2 heterocycles. The highest BCUT2D eigenvalue weighted by atomic mass is 32.1. The highest BCUT2D eigenvalue weighted by molar-refractivity contribution is 7.18. The summed E-state index contributed by atoms with van der Waals surface area (Å²) in [4.78, 5) is 33.6. The van der Waals surface area contributed by atoms with Gasteiger partial charge in [0.15, 0.2) is 18.5 Å². The van der Waals surface area contributed by atoms with Crippen molar-refractivity contribution in [3.63, 3.8) is 0 Å². The number of nitrogens with one attached hydrogen (secondary N) is 1. The zero-order valence-corrected chi connectivity index (χ0v) is 18.4. The molecular formula is C22H26N2O4S. The number of esters is 1. The molecule has 29 heavy (non-hydrogen) atoms. The van der Waals surface area contributed by atoms with Crippen LogP contribution in [-0.2, 0) is 9.53 Å². The fourth-order valence-electron chi connectivity index (χ4n) is 3.13. The zero-order chi connectivity index (χ0) is 21.3. The normalized spacial score (nSPS) is 12.4. The molecule has 1 unspecified atom stereocenters. The SMILES string of the molecule is Cc1ccc(C(C)C)c(OCC(=O)OC(C)c2nc3sc(C)c(C)c3c(=O)[nH]2)c1. The van der Waals surface area contributed by atoms with Gasteiger partial charge in [0.25, 0.3) is 5.56 Å². The van der Waals surface area contributed by atoms with E-state index in [1.807, 2.05) is 39.0 Å². The van der Waals surface area contributed by atoms with Crippen molar-refractivity contribution >= 4 is 27.5 Å². The average Bonchev–Trinajstić information content (AvgIpc) is 2.94. The summed E-state index contributed by atoms with van der Waals surface area (Å²) in [6, 6.07) is 5.95. The first-order chi connectivity index (χ1) is 13.7. The molecule has 6 nitrogen and oxygen atoms in total. The van der Waals surface area contributed by atoms with Gasteiger partial charge < -0.3 is 14.5 Å². The summed E-state index contributed by atoms with van der Waals surface area (Å²) in [7, 11) is 0. The van der Waals surface area contributed by atoms with Crippen LogP contribution >= 0.6 is 11.3 Å². The minimum Gasteiger partial charge on any atom is -0.482 e. The van der Waals surface area contributed by atoms with Crippen LogP contribution in [0.2, 0.25) is 0 Å². The van der Waals surface area contributed by atoms with Crippen LogP contribution in [0.3, 0.4) is 0 Å². The fraction of sp³-hybridized carbons (Fsp3) is 0.409. The molecule has 2 aromatic heterocycles. The van der Waals surface area contributed by atoms with Gasteiger partial charge in [-0.25, -0.2) is 9.78 Å². The van der Waals surface area contributed by atoms with Crippen LogP contribution in [-0.4, -0.2) is 22.5 Å². The van der Waals surface area contributed by atoms with E-state index in [9.17, 15) is 9.59 Å². The van der Waals surface area contributed by atoms with Crippen molar-refractivity contribution in [1.82, 2.24) is 9.97 Å². The van der Waals surface area contributed by atoms with E-state index < -0.39 is 12.1 Å². The number of hydrogen-bond donors (Lipinski definition) is 1. The van der Waals surface area contributed by atoms with Crippen LogP contribution in [0, 0.1) is 20.8 Å². The highest BCUT2D eigenvalue weighted by Crippen LogP contribution is 2.28. The first-order valence-corrected chi connectivity index (χ1v) is 10.4. The standard InChI is InChI=1S/C22H26N2O4S/c1-11(2)16-8-7-12(3)9-17(16)27-10-18(25)28-14(5)20-23-21(26)19-13(4)15(6)29-22(19)24-20/h7-9,11,14H,10H2,1-6H3,(H,23,24,26). The van der Waals surface area contributed by atoms with Crippen LogP contribution in [0.4, 0.5) is 0 Å². The predicted octanol–water partition coefficient (Wildman–Crippen LogP) is 4.72. The summed E-state index contributed by atoms with van der Waals surface area (Å²) in [6.07, 6.45) is -0.687. The van der Waals surface area contributed by atoms with Gasteiger partial charge in [-0.1, -0.05) is 26.0 Å². The number of rotatable bonds is 6. The number of benzene rings is 1. The molecule has 3 rings (SSSR count).